The predicted octanol–water partition coefficient (Wildman–Crippen LogP) is 2.57. The van der Waals surface area contributed by atoms with Crippen LogP contribution in [0.15, 0.2) is 12.3 Å². The van der Waals surface area contributed by atoms with Crippen LogP contribution in [0.3, 0.4) is 0 Å². The van der Waals surface area contributed by atoms with Crippen molar-refractivity contribution in [3.8, 4) is 0 Å². The van der Waals surface area contributed by atoms with Gasteiger partial charge in [-0.2, -0.15) is 0 Å². The second-order valence-electron chi connectivity index (χ2n) is 5.39. The smallest absolute Gasteiger partial charge is 0.311 e. The highest BCUT2D eigenvalue weighted by molar-refractivity contribution is 6.30. The number of carboxylic acids is 1. The molecule has 4 nitrogen and oxygen atoms in total. The van der Waals surface area contributed by atoms with Crippen LogP contribution in [-0.4, -0.2) is 29.1 Å². The summed E-state index contributed by atoms with van der Waals surface area (Å²) in [5, 5.41) is 9.73. The largest absolute Gasteiger partial charge is 0.481 e. The highest BCUT2D eigenvalue weighted by atomic mass is 35.5. The van der Waals surface area contributed by atoms with Gasteiger partial charge >= 0.3 is 5.97 Å². The number of carboxylic acid groups (broad SMARTS) is 1. The van der Waals surface area contributed by atoms with Gasteiger partial charge in [0.05, 0.1) is 10.4 Å². The topological polar surface area (TPSA) is 53.4 Å². The van der Waals surface area contributed by atoms with Crippen molar-refractivity contribution in [2.24, 2.45) is 11.3 Å². The van der Waals surface area contributed by atoms with Crippen molar-refractivity contribution in [2.45, 2.75) is 19.3 Å². The highest BCUT2D eigenvalue weighted by Crippen LogP contribution is 2.49. The monoisotopic (exact) mass is 284 g/mol. The van der Waals surface area contributed by atoms with E-state index in [4.69, 9.17) is 11.6 Å². The molecule has 0 aromatic carbocycles. The number of fused-ring (bicyclic) bond motifs is 1. The lowest BCUT2D eigenvalue weighted by Crippen LogP contribution is -2.36. The van der Waals surface area contributed by atoms with Crippen LogP contribution in [0.25, 0.3) is 0 Å². The summed E-state index contributed by atoms with van der Waals surface area (Å²) >= 11 is 5.68. The van der Waals surface area contributed by atoms with Gasteiger partial charge in [0, 0.05) is 19.3 Å². The Morgan fingerprint density at radius 1 is 1.63 bits per heavy atom. The third kappa shape index (κ3) is 1.87. The van der Waals surface area contributed by atoms with E-state index in [1.54, 1.807) is 4.90 Å². The summed E-state index contributed by atoms with van der Waals surface area (Å²) in [6.45, 7) is 0.885. The molecule has 3 rings (SSSR count). The number of aromatic nitrogens is 1. The van der Waals surface area contributed by atoms with Crippen LogP contribution in [0.4, 0.5) is 10.2 Å². The number of halogens is 2. The Bertz CT molecular complexity index is 539. The Morgan fingerprint density at radius 3 is 3.05 bits per heavy atom. The van der Waals surface area contributed by atoms with Crippen molar-refractivity contribution in [1.29, 1.82) is 0 Å². The zero-order valence-electron chi connectivity index (χ0n) is 10.3. The van der Waals surface area contributed by atoms with Crippen LogP contribution in [0.5, 0.6) is 0 Å². The number of hydrogen-bond donors (Lipinski definition) is 1. The summed E-state index contributed by atoms with van der Waals surface area (Å²) in [6, 6.07) is 1.21. The molecule has 2 atom stereocenters. The summed E-state index contributed by atoms with van der Waals surface area (Å²) in [6.07, 6.45) is 3.87. The fourth-order valence-corrected chi connectivity index (χ4v) is 3.58. The predicted molar refractivity (Wildman–Crippen MR) is 68.8 cm³/mol. The summed E-state index contributed by atoms with van der Waals surface area (Å²) in [5.74, 6) is -0.971. The Labute approximate surface area is 115 Å². The number of aliphatic carboxylic acids is 1. The number of anilines is 1. The Balaban J connectivity index is 1.91. The van der Waals surface area contributed by atoms with Crippen molar-refractivity contribution in [2.75, 3.05) is 18.0 Å². The fourth-order valence-electron chi connectivity index (χ4n) is 3.44. The van der Waals surface area contributed by atoms with Gasteiger partial charge in [-0.1, -0.05) is 18.0 Å². The molecule has 2 aliphatic rings. The highest BCUT2D eigenvalue weighted by Gasteiger charge is 2.55. The van der Waals surface area contributed by atoms with Gasteiger partial charge in [-0.15, -0.1) is 0 Å². The molecule has 102 valence electrons. The summed E-state index contributed by atoms with van der Waals surface area (Å²) in [5.41, 5.74) is -0.728. The second-order valence-corrected chi connectivity index (χ2v) is 5.83. The molecule has 0 radical (unpaired) electrons. The molecule has 2 heterocycles. The van der Waals surface area contributed by atoms with Crippen LogP contribution in [0, 0.1) is 17.2 Å². The van der Waals surface area contributed by atoms with E-state index < -0.39 is 17.2 Å². The molecule has 0 unspecified atom stereocenters. The summed E-state index contributed by atoms with van der Waals surface area (Å²) in [4.78, 5) is 17.3. The molecule has 6 heteroatoms. The molecule has 0 bridgehead atoms. The molecule has 19 heavy (non-hydrogen) atoms. The van der Waals surface area contributed by atoms with Gasteiger partial charge in [0.15, 0.2) is 11.6 Å². The summed E-state index contributed by atoms with van der Waals surface area (Å²) in [7, 11) is 0. The van der Waals surface area contributed by atoms with Crippen molar-refractivity contribution in [3.05, 3.63) is 23.1 Å². The molecule has 0 spiro atoms. The first-order valence-electron chi connectivity index (χ1n) is 6.32. The zero-order valence-corrected chi connectivity index (χ0v) is 11.0. The molecule has 1 saturated heterocycles. The van der Waals surface area contributed by atoms with Crippen molar-refractivity contribution >= 4 is 23.4 Å². The molecule has 1 aliphatic heterocycles. The van der Waals surface area contributed by atoms with Crippen LogP contribution in [-0.2, 0) is 4.79 Å². The normalized spacial score (nSPS) is 29.6. The zero-order chi connectivity index (χ0) is 13.6. The van der Waals surface area contributed by atoms with Crippen LogP contribution in [0.2, 0.25) is 5.02 Å². The Hall–Kier alpha value is -1.36. The van der Waals surface area contributed by atoms with Crippen molar-refractivity contribution < 1.29 is 14.3 Å². The molecule has 2 fully saturated rings. The molecule has 1 saturated carbocycles. The number of hydrogen-bond acceptors (Lipinski definition) is 3. The molecule has 0 amide bonds. The maximum Gasteiger partial charge on any atom is 0.311 e. The first-order chi connectivity index (χ1) is 9.03. The second kappa shape index (κ2) is 4.34. The first-order valence-corrected chi connectivity index (χ1v) is 6.70. The minimum atomic E-state index is -0.771. The van der Waals surface area contributed by atoms with Crippen LogP contribution < -0.4 is 4.90 Å². The van der Waals surface area contributed by atoms with Gasteiger partial charge in [0.2, 0.25) is 0 Å². The first kappa shape index (κ1) is 12.7. The van der Waals surface area contributed by atoms with Gasteiger partial charge in [-0.3, -0.25) is 4.79 Å². The summed E-state index contributed by atoms with van der Waals surface area (Å²) < 4.78 is 13.9. The van der Waals surface area contributed by atoms with E-state index in [2.05, 4.69) is 4.98 Å². The van der Waals surface area contributed by atoms with Gasteiger partial charge in [-0.25, -0.2) is 9.37 Å². The van der Waals surface area contributed by atoms with E-state index in [0.717, 1.165) is 12.8 Å². The minimum Gasteiger partial charge on any atom is -0.481 e. The van der Waals surface area contributed by atoms with E-state index in [1.807, 2.05) is 0 Å². The Morgan fingerprint density at radius 2 is 2.42 bits per heavy atom. The fraction of sp³-hybridized carbons (Fsp3) is 0.538. The minimum absolute atomic E-state index is 0.0851. The van der Waals surface area contributed by atoms with Gasteiger partial charge in [0.1, 0.15) is 0 Å². The number of rotatable bonds is 2. The number of pyridine rings is 1. The van der Waals surface area contributed by atoms with Gasteiger partial charge < -0.3 is 10.0 Å². The van der Waals surface area contributed by atoms with E-state index in [9.17, 15) is 14.3 Å². The lowest BCUT2D eigenvalue weighted by atomic mass is 9.81. The van der Waals surface area contributed by atoms with Crippen molar-refractivity contribution in [3.63, 3.8) is 0 Å². The maximum absolute atomic E-state index is 13.9. The molecule has 1 aromatic heterocycles. The average Bonchev–Trinajstić information content (AvgIpc) is 2.85. The molecule has 1 N–H and O–H groups in total. The third-order valence-corrected chi connectivity index (χ3v) is 4.59. The molecular formula is C13H14ClFN2O2. The van der Waals surface area contributed by atoms with Crippen molar-refractivity contribution in [1.82, 2.24) is 4.98 Å². The molecular weight excluding hydrogens is 271 g/mol. The molecule has 1 aliphatic carbocycles. The number of nitrogens with zero attached hydrogens (tertiary/aromatic N) is 2. The standard InChI is InChI=1S/C13H14ClFN2O2/c14-9-4-10(15)11(16-5-9)17-6-8-2-1-3-13(8,7-17)12(18)19/h4-5,8H,1-3,6-7H2,(H,18,19)/t8-,13+/m0/s1. The average molecular weight is 285 g/mol. The molecule has 1 aromatic rings. The maximum atomic E-state index is 13.9. The van der Waals surface area contributed by atoms with E-state index in [0.29, 0.717) is 19.5 Å². The van der Waals surface area contributed by atoms with E-state index >= 15 is 0 Å². The van der Waals surface area contributed by atoms with Crippen LogP contribution in [0.1, 0.15) is 19.3 Å². The van der Waals surface area contributed by atoms with E-state index in [-0.39, 0.29) is 16.8 Å². The lowest BCUT2D eigenvalue weighted by molar-refractivity contribution is -0.149. The van der Waals surface area contributed by atoms with Gasteiger partial charge in [0.25, 0.3) is 0 Å². The van der Waals surface area contributed by atoms with Gasteiger partial charge in [-0.05, 0) is 24.8 Å². The van der Waals surface area contributed by atoms with Crippen LogP contribution >= 0.6 is 11.6 Å². The Kier molecular flexibility index (Phi) is 2.89. The third-order valence-electron chi connectivity index (χ3n) is 4.38. The quantitative estimate of drug-likeness (QED) is 0.907. The van der Waals surface area contributed by atoms with E-state index in [1.165, 1.54) is 12.3 Å². The lowest BCUT2D eigenvalue weighted by Gasteiger charge is -2.23. The number of carbonyl (C=O) groups is 1. The SMILES string of the molecule is O=C(O)[C@@]12CCC[C@H]1CN(c1ncc(Cl)cc1F)C2.